The number of piperazine rings is 1. The van der Waals surface area contributed by atoms with E-state index in [0.717, 1.165) is 25.6 Å². The average molecular weight is 324 g/mol. The van der Waals surface area contributed by atoms with E-state index in [1.165, 1.54) is 58.5 Å². The van der Waals surface area contributed by atoms with Gasteiger partial charge in [-0.3, -0.25) is 4.99 Å². The Hall–Kier alpha value is -0.810. The minimum Gasteiger partial charge on any atom is -0.356 e. The number of hydrogen-bond donors (Lipinski definition) is 1. The van der Waals surface area contributed by atoms with Gasteiger partial charge >= 0.3 is 0 Å². The predicted molar refractivity (Wildman–Crippen MR) is 99.1 cm³/mol. The summed E-state index contributed by atoms with van der Waals surface area (Å²) in [7, 11) is 1.90. The van der Waals surface area contributed by atoms with Gasteiger partial charge < -0.3 is 20.0 Å². The number of nitrogens with zero attached hydrogens (tertiary/aromatic N) is 4. The molecule has 5 nitrogen and oxygen atoms in total. The van der Waals surface area contributed by atoms with Crippen LogP contribution in [0.25, 0.3) is 0 Å². The van der Waals surface area contributed by atoms with Crippen LogP contribution in [0.15, 0.2) is 4.99 Å². The van der Waals surface area contributed by atoms with Gasteiger partial charge in [-0.1, -0.05) is 20.8 Å². The molecule has 0 aromatic heterocycles. The van der Waals surface area contributed by atoms with Crippen LogP contribution in [0.3, 0.4) is 0 Å². The molecule has 0 atom stereocenters. The number of likely N-dealkylation sites (N-methyl/N-ethyl adjacent to an activating group) is 1. The van der Waals surface area contributed by atoms with E-state index in [0.29, 0.717) is 5.41 Å². The number of nitrogens with one attached hydrogen (secondary N) is 1. The van der Waals surface area contributed by atoms with Crippen molar-refractivity contribution < 1.29 is 0 Å². The van der Waals surface area contributed by atoms with Gasteiger partial charge in [0.1, 0.15) is 0 Å². The second kappa shape index (κ2) is 8.88. The second-order valence-corrected chi connectivity index (χ2v) is 7.79. The molecule has 2 saturated heterocycles. The first-order valence-corrected chi connectivity index (χ1v) is 9.44. The number of guanidine groups is 1. The maximum Gasteiger partial charge on any atom is 0.193 e. The molecule has 0 aromatic carbocycles. The molecule has 0 saturated carbocycles. The van der Waals surface area contributed by atoms with Crippen LogP contribution in [-0.2, 0) is 0 Å². The normalized spacial score (nSPS) is 23.5. The Labute approximate surface area is 143 Å². The quantitative estimate of drug-likeness (QED) is 0.458. The smallest absolute Gasteiger partial charge is 0.193 e. The molecular formula is C18H37N5. The summed E-state index contributed by atoms with van der Waals surface area (Å²) in [6, 6.07) is 0. The zero-order valence-electron chi connectivity index (χ0n) is 15.8. The number of unbranched alkanes of at least 4 members (excludes halogenated alkanes) is 1. The van der Waals surface area contributed by atoms with Crippen molar-refractivity contribution in [2.75, 3.05) is 66.0 Å². The van der Waals surface area contributed by atoms with Crippen LogP contribution < -0.4 is 5.32 Å². The molecule has 0 bridgehead atoms. The highest BCUT2D eigenvalue weighted by Gasteiger charge is 2.30. The molecule has 2 aliphatic rings. The highest BCUT2D eigenvalue weighted by Crippen LogP contribution is 2.28. The maximum absolute atomic E-state index is 4.46. The van der Waals surface area contributed by atoms with E-state index in [1.54, 1.807) is 0 Å². The summed E-state index contributed by atoms with van der Waals surface area (Å²) in [5.74, 6) is 1.09. The molecule has 5 heteroatoms. The van der Waals surface area contributed by atoms with Gasteiger partial charge in [0, 0.05) is 52.9 Å². The summed E-state index contributed by atoms with van der Waals surface area (Å²) in [5.41, 5.74) is 0.429. The van der Waals surface area contributed by atoms with Gasteiger partial charge in [0.25, 0.3) is 0 Å². The number of rotatable bonds is 6. The first-order chi connectivity index (χ1) is 11.0. The molecule has 0 aromatic rings. The third-order valence-electron chi connectivity index (χ3n) is 5.29. The van der Waals surface area contributed by atoms with Crippen LogP contribution in [-0.4, -0.2) is 86.6 Å². The Bertz CT molecular complexity index is 372. The fourth-order valence-corrected chi connectivity index (χ4v) is 3.62. The molecule has 0 spiro atoms. The Morgan fingerprint density at radius 2 is 1.74 bits per heavy atom. The summed E-state index contributed by atoms with van der Waals surface area (Å²) in [4.78, 5) is 12.0. The largest absolute Gasteiger partial charge is 0.356 e. The molecule has 2 rings (SSSR count). The lowest BCUT2D eigenvalue weighted by Crippen LogP contribution is -2.46. The van der Waals surface area contributed by atoms with Crippen LogP contribution in [0.1, 0.15) is 40.0 Å². The van der Waals surface area contributed by atoms with Crippen molar-refractivity contribution in [3.63, 3.8) is 0 Å². The van der Waals surface area contributed by atoms with Crippen LogP contribution >= 0.6 is 0 Å². The van der Waals surface area contributed by atoms with Crippen molar-refractivity contribution in [1.82, 2.24) is 20.0 Å². The Kier molecular flexibility index (Phi) is 7.15. The fourth-order valence-electron chi connectivity index (χ4n) is 3.62. The van der Waals surface area contributed by atoms with E-state index in [1.807, 2.05) is 7.05 Å². The molecule has 134 valence electrons. The standard InChI is InChI=1S/C18H37N5/c1-5-21-12-14-22(15-13-21)10-7-6-9-20-17(19-4)23-11-8-18(2,3)16-23/h5-16H2,1-4H3,(H,19,20). The van der Waals surface area contributed by atoms with Gasteiger partial charge in [-0.2, -0.15) is 0 Å². The van der Waals surface area contributed by atoms with Gasteiger partial charge in [0.2, 0.25) is 0 Å². The summed E-state index contributed by atoms with van der Waals surface area (Å²) in [6.07, 6.45) is 3.77. The first-order valence-electron chi connectivity index (χ1n) is 9.44. The molecule has 0 unspecified atom stereocenters. The Morgan fingerprint density at radius 1 is 1.04 bits per heavy atom. The Morgan fingerprint density at radius 3 is 2.30 bits per heavy atom. The molecule has 2 aliphatic heterocycles. The topological polar surface area (TPSA) is 34.1 Å². The predicted octanol–water partition coefficient (Wildman–Crippen LogP) is 1.71. The minimum absolute atomic E-state index is 0.429. The lowest BCUT2D eigenvalue weighted by molar-refractivity contribution is 0.136. The van der Waals surface area contributed by atoms with E-state index in [4.69, 9.17) is 0 Å². The number of likely N-dealkylation sites (tertiary alicyclic amines) is 1. The van der Waals surface area contributed by atoms with Crippen molar-refractivity contribution in [3.05, 3.63) is 0 Å². The molecule has 0 radical (unpaired) electrons. The average Bonchev–Trinajstić information content (AvgIpc) is 2.91. The highest BCUT2D eigenvalue weighted by molar-refractivity contribution is 5.80. The van der Waals surface area contributed by atoms with E-state index in [-0.39, 0.29) is 0 Å². The zero-order valence-corrected chi connectivity index (χ0v) is 15.8. The molecule has 0 amide bonds. The summed E-state index contributed by atoms with van der Waals surface area (Å²) in [6.45, 7) is 17.7. The van der Waals surface area contributed by atoms with Crippen LogP contribution in [0.2, 0.25) is 0 Å². The fraction of sp³-hybridized carbons (Fsp3) is 0.944. The van der Waals surface area contributed by atoms with E-state index in [9.17, 15) is 0 Å². The van der Waals surface area contributed by atoms with Gasteiger partial charge in [0.15, 0.2) is 5.96 Å². The highest BCUT2D eigenvalue weighted by atomic mass is 15.3. The maximum atomic E-state index is 4.46. The molecule has 23 heavy (non-hydrogen) atoms. The number of hydrogen-bond acceptors (Lipinski definition) is 3. The lowest BCUT2D eigenvalue weighted by Gasteiger charge is -2.34. The van der Waals surface area contributed by atoms with Crippen molar-refractivity contribution in [2.24, 2.45) is 10.4 Å². The van der Waals surface area contributed by atoms with E-state index in [2.05, 4.69) is 45.8 Å². The third kappa shape index (κ3) is 5.96. The van der Waals surface area contributed by atoms with Gasteiger partial charge in [-0.15, -0.1) is 0 Å². The van der Waals surface area contributed by atoms with Gasteiger partial charge in [0.05, 0.1) is 0 Å². The summed E-state index contributed by atoms with van der Waals surface area (Å²) in [5, 5.41) is 3.55. The molecular weight excluding hydrogens is 286 g/mol. The molecule has 2 fully saturated rings. The summed E-state index contributed by atoms with van der Waals surface area (Å²) < 4.78 is 0. The monoisotopic (exact) mass is 323 g/mol. The van der Waals surface area contributed by atoms with Crippen LogP contribution in [0, 0.1) is 5.41 Å². The SMILES string of the molecule is CCN1CCN(CCCCNC(=NC)N2CCC(C)(C)C2)CC1. The van der Waals surface area contributed by atoms with Crippen LogP contribution in [0.5, 0.6) is 0 Å². The molecule has 2 heterocycles. The molecule has 1 N–H and O–H groups in total. The van der Waals surface area contributed by atoms with Crippen molar-refractivity contribution in [2.45, 2.75) is 40.0 Å². The zero-order chi connectivity index (χ0) is 16.7. The minimum atomic E-state index is 0.429. The number of aliphatic imine (C=N–C) groups is 1. The second-order valence-electron chi connectivity index (χ2n) is 7.79. The van der Waals surface area contributed by atoms with Crippen molar-refractivity contribution in [3.8, 4) is 0 Å². The van der Waals surface area contributed by atoms with E-state index < -0.39 is 0 Å². The lowest BCUT2D eigenvalue weighted by atomic mass is 9.93. The van der Waals surface area contributed by atoms with Crippen molar-refractivity contribution in [1.29, 1.82) is 0 Å². The summed E-state index contributed by atoms with van der Waals surface area (Å²) >= 11 is 0. The molecule has 0 aliphatic carbocycles. The Balaban J connectivity index is 1.56. The van der Waals surface area contributed by atoms with Gasteiger partial charge in [-0.05, 0) is 37.8 Å². The van der Waals surface area contributed by atoms with Gasteiger partial charge in [-0.25, -0.2) is 0 Å². The van der Waals surface area contributed by atoms with Crippen LogP contribution in [0.4, 0.5) is 0 Å². The first kappa shape index (κ1) is 18.5. The third-order valence-corrected chi connectivity index (χ3v) is 5.29. The van der Waals surface area contributed by atoms with Crippen molar-refractivity contribution >= 4 is 5.96 Å². The van der Waals surface area contributed by atoms with E-state index >= 15 is 0 Å².